The van der Waals surface area contributed by atoms with Gasteiger partial charge in [-0.1, -0.05) is 6.07 Å². The van der Waals surface area contributed by atoms with Crippen LogP contribution in [0.5, 0.6) is 0 Å². The average Bonchev–Trinajstić information content (AvgIpc) is 2.41. The summed E-state index contributed by atoms with van der Waals surface area (Å²) in [6.07, 6.45) is 1.69. The van der Waals surface area contributed by atoms with Gasteiger partial charge in [0, 0.05) is 50.0 Å². The fourth-order valence-corrected chi connectivity index (χ4v) is 2.93. The topological polar surface area (TPSA) is 80.5 Å². The van der Waals surface area contributed by atoms with E-state index in [2.05, 4.69) is 35.1 Å². The molecule has 0 atom stereocenters. The second-order valence-corrected chi connectivity index (χ2v) is 7.43. The van der Waals surface area contributed by atoms with Crippen molar-refractivity contribution in [2.45, 2.75) is 51.8 Å². The number of piperazine rings is 1. The van der Waals surface area contributed by atoms with Gasteiger partial charge in [0.2, 0.25) is 0 Å². The molecule has 0 saturated carbocycles. The van der Waals surface area contributed by atoms with Gasteiger partial charge in [-0.05, 0) is 39.3 Å². The van der Waals surface area contributed by atoms with Crippen molar-refractivity contribution in [2.24, 2.45) is 5.73 Å². The van der Waals surface area contributed by atoms with Crippen LogP contribution >= 0.6 is 0 Å². The second-order valence-electron chi connectivity index (χ2n) is 7.43. The van der Waals surface area contributed by atoms with Crippen molar-refractivity contribution in [3.05, 3.63) is 29.6 Å². The van der Waals surface area contributed by atoms with Crippen molar-refractivity contribution in [3.63, 3.8) is 0 Å². The summed E-state index contributed by atoms with van der Waals surface area (Å²) in [5, 5.41) is 3.43. The maximum absolute atomic E-state index is 10.9. The van der Waals surface area contributed by atoms with Crippen molar-refractivity contribution in [1.29, 1.82) is 0 Å². The highest BCUT2D eigenvalue weighted by atomic mass is 16.6. The van der Waals surface area contributed by atoms with E-state index in [1.165, 1.54) is 5.56 Å². The molecule has 23 heavy (non-hydrogen) atoms. The lowest BCUT2D eigenvalue weighted by Crippen LogP contribution is -2.57. The van der Waals surface area contributed by atoms with Gasteiger partial charge in [0.1, 0.15) is 5.60 Å². The minimum atomic E-state index is -0.757. The number of nitrogens with two attached hydrogens (primary N) is 1. The number of aromatic nitrogens is 1. The Hall–Kier alpha value is -1.66. The van der Waals surface area contributed by atoms with E-state index in [0.29, 0.717) is 6.42 Å². The molecule has 1 aliphatic heterocycles. The molecule has 6 nitrogen and oxygen atoms in total. The smallest absolute Gasteiger partial charge is 0.405 e. The van der Waals surface area contributed by atoms with E-state index in [0.717, 1.165) is 31.9 Å². The lowest BCUT2D eigenvalue weighted by molar-refractivity contribution is 0.0453. The Balaban J connectivity index is 1.98. The highest BCUT2D eigenvalue weighted by Gasteiger charge is 2.29. The fraction of sp³-hybridized carbons (Fsp3) is 0.647. The van der Waals surface area contributed by atoms with Crippen LogP contribution < -0.4 is 11.1 Å². The molecule has 128 valence electrons. The Morgan fingerprint density at radius 2 is 2.22 bits per heavy atom. The first-order valence-electron chi connectivity index (χ1n) is 8.06. The lowest BCUT2D eigenvalue weighted by atomic mass is 9.99. The van der Waals surface area contributed by atoms with Gasteiger partial charge in [0.05, 0.1) is 0 Å². The van der Waals surface area contributed by atoms with E-state index >= 15 is 0 Å². The van der Waals surface area contributed by atoms with Crippen molar-refractivity contribution in [1.82, 2.24) is 15.2 Å². The summed E-state index contributed by atoms with van der Waals surface area (Å²) in [5.41, 5.74) is 6.67. The molecular weight excluding hydrogens is 292 g/mol. The number of primary amides is 1. The van der Waals surface area contributed by atoms with E-state index in [1.807, 2.05) is 26.1 Å². The summed E-state index contributed by atoms with van der Waals surface area (Å²) in [4.78, 5) is 17.9. The Bertz CT molecular complexity index is 540. The molecule has 1 saturated heterocycles. The van der Waals surface area contributed by atoms with Crippen LogP contribution in [-0.2, 0) is 17.7 Å². The molecule has 0 aromatic carbocycles. The first-order valence-corrected chi connectivity index (χ1v) is 8.06. The zero-order chi connectivity index (χ0) is 17.1. The number of hydrogen-bond donors (Lipinski definition) is 2. The Kier molecular flexibility index (Phi) is 5.26. The maximum atomic E-state index is 10.9. The number of carbonyl (C=O) groups excluding carboxylic acids is 1. The van der Waals surface area contributed by atoms with Gasteiger partial charge in [0.15, 0.2) is 0 Å². The van der Waals surface area contributed by atoms with Crippen LogP contribution in [0, 0.1) is 0 Å². The summed E-state index contributed by atoms with van der Waals surface area (Å²) in [6, 6.07) is 4.09. The number of nitrogens with zero attached hydrogens (tertiary/aromatic N) is 2. The predicted molar refractivity (Wildman–Crippen MR) is 90.0 cm³/mol. The number of amides is 1. The molecule has 1 aromatic rings. The van der Waals surface area contributed by atoms with Gasteiger partial charge in [-0.2, -0.15) is 0 Å². The molecule has 0 bridgehead atoms. The van der Waals surface area contributed by atoms with Gasteiger partial charge < -0.3 is 15.8 Å². The average molecular weight is 320 g/mol. The summed E-state index contributed by atoms with van der Waals surface area (Å²) in [5.74, 6) is 0. The van der Waals surface area contributed by atoms with E-state index in [-0.39, 0.29) is 5.54 Å². The number of carbonyl (C=O) groups is 1. The molecule has 0 radical (unpaired) electrons. The van der Waals surface area contributed by atoms with Crippen LogP contribution in [0.3, 0.4) is 0 Å². The molecule has 0 spiro atoms. The molecule has 3 N–H and O–H groups in total. The van der Waals surface area contributed by atoms with Crippen LogP contribution in [0.1, 0.15) is 39.0 Å². The summed E-state index contributed by atoms with van der Waals surface area (Å²) < 4.78 is 5.10. The predicted octanol–water partition coefficient (Wildman–Crippen LogP) is 1.68. The number of pyridine rings is 1. The van der Waals surface area contributed by atoms with Gasteiger partial charge >= 0.3 is 6.09 Å². The van der Waals surface area contributed by atoms with Crippen molar-refractivity contribution in [3.8, 4) is 0 Å². The third-order valence-corrected chi connectivity index (χ3v) is 4.22. The zero-order valence-electron chi connectivity index (χ0n) is 14.6. The SMILES string of the molecule is CC(C)(Cc1ccc(CN2CCNCC2(C)C)cn1)OC(N)=O. The van der Waals surface area contributed by atoms with Crippen molar-refractivity contribution >= 4 is 6.09 Å². The molecule has 2 rings (SSSR count). The monoisotopic (exact) mass is 320 g/mol. The first kappa shape index (κ1) is 17.7. The standard InChI is InChI=1S/C17H28N4O2/c1-16(2)12-19-7-8-21(16)11-13-5-6-14(20-10-13)9-17(3,4)23-15(18)22/h5-6,10,19H,7-9,11-12H2,1-4H3,(H2,18,22). The quantitative estimate of drug-likeness (QED) is 0.863. The van der Waals surface area contributed by atoms with Gasteiger partial charge in [-0.25, -0.2) is 4.79 Å². The van der Waals surface area contributed by atoms with E-state index in [9.17, 15) is 4.79 Å². The molecular formula is C17H28N4O2. The molecule has 6 heteroatoms. The Labute approximate surface area is 138 Å². The summed E-state index contributed by atoms with van der Waals surface area (Å²) in [7, 11) is 0. The van der Waals surface area contributed by atoms with Gasteiger partial charge in [-0.15, -0.1) is 0 Å². The molecule has 1 amide bonds. The fourth-order valence-electron chi connectivity index (χ4n) is 2.93. The highest BCUT2D eigenvalue weighted by Crippen LogP contribution is 2.20. The zero-order valence-corrected chi connectivity index (χ0v) is 14.6. The second kappa shape index (κ2) is 6.84. The maximum Gasteiger partial charge on any atom is 0.405 e. The molecule has 0 unspecified atom stereocenters. The van der Waals surface area contributed by atoms with Crippen LogP contribution in [0.4, 0.5) is 4.79 Å². The highest BCUT2D eigenvalue weighted by molar-refractivity contribution is 5.65. The molecule has 1 aromatic heterocycles. The largest absolute Gasteiger partial charge is 0.443 e. The number of nitrogens with one attached hydrogen (secondary N) is 1. The normalized spacial score (nSPS) is 18.6. The van der Waals surface area contributed by atoms with E-state index in [4.69, 9.17) is 10.5 Å². The Morgan fingerprint density at radius 3 is 2.78 bits per heavy atom. The van der Waals surface area contributed by atoms with E-state index < -0.39 is 11.7 Å². The number of rotatable bonds is 5. The Morgan fingerprint density at radius 1 is 1.48 bits per heavy atom. The third-order valence-electron chi connectivity index (χ3n) is 4.22. The van der Waals surface area contributed by atoms with Crippen LogP contribution in [0.2, 0.25) is 0 Å². The molecule has 2 heterocycles. The van der Waals surface area contributed by atoms with Crippen molar-refractivity contribution in [2.75, 3.05) is 19.6 Å². The lowest BCUT2D eigenvalue weighted by Gasteiger charge is -2.42. The number of ether oxygens (including phenoxy) is 1. The van der Waals surface area contributed by atoms with Gasteiger partial charge in [0.25, 0.3) is 0 Å². The summed E-state index contributed by atoms with van der Waals surface area (Å²) in [6.45, 7) is 12.1. The molecule has 1 fully saturated rings. The minimum absolute atomic E-state index is 0.147. The molecule has 1 aliphatic rings. The van der Waals surface area contributed by atoms with Crippen LogP contribution in [0.25, 0.3) is 0 Å². The first-order chi connectivity index (χ1) is 10.7. The van der Waals surface area contributed by atoms with Crippen molar-refractivity contribution < 1.29 is 9.53 Å². The van der Waals surface area contributed by atoms with Gasteiger partial charge in [-0.3, -0.25) is 9.88 Å². The van der Waals surface area contributed by atoms with E-state index in [1.54, 1.807) is 0 Å². The summed E-state index contributed by atoms with van der Waals surface area (Å²) >= 11 is 0. The number of hydrogen-bond acceptors (Lipinski definition) is 5. The third kappa shape index (κ3) is 5.18. The van der Waals surface area contributed by atoms with Crippen LogP contribution in [0.15, 0.2) is 18.3 Å². The molecule has 0 aliphatic carbocycles. The minimum Gasteiger partial charge on any atom is -0.443 e. The van der Waals surface area contributed by atoms with Crippen LogP contribution in [-0.4, -0.2) is 46.8 Å².